The quantitative estimate of drug-likeness (QED) is 0.592. The fourth-order valence-electron chi connectivity index (χ4n) is 2.68. The van der Waals surface area contributed by atoms with E-state index in [9.17, 15) is 19.5 Å². The molecule has 0 saturated heterocycles. The van der Waals surface area contributed by atoms with E-state index >= 15 is 0 Å². The molecule has 0 fully saturated rings. The zero-order valence-electron chi connectivity index (χ0n) is 16.6. The number of hydrogen-bond donors (Lipinski definition) is 3. The van der Waals surface area contributed by atoms with Gasteiger partial charge in [0.25, 0.3) is 5.91 Å². The Morgan fingerprint density at radius 1 is 0.966 bits per heavy atom. The number of rotatable bonds is 8. The van der Waals surface area contributed by atoms with Crippen LogP contribution in [-0.2, 0) is 19.9 Å². The molecule has 0 aromatic heterocycles. The number of nitrogens with one attached hydrogen (secondary N) is 2. The monoisotopic (exact) mass is 398 g/mol. The highest BCUT2D eigenvalue weighted by atomic mass is 16.6. The first-order valence-electron chi connectivity index (χ1n) is 9.42. The Kier molecular flexibility index (Phi) is 7.91. The SMILES string of the molecule is CC(C)CCNC(=O)NC(=O)COC(=O)C(O)(c1ccccc1)c1ccccc1. The van der Waals surface area contributed by atoms with E-state index in [0.29, 0.717) is 23.6 Å². The molecule has 29 heavy (non-hydrogen) atoms. The lowest BCUT2D eigenvalue weighted by Gasteiger charge is -2.26. The van der Waals surface area contributed by atoms with E-state index in [-0.39, 0.29) is 0 Å². The van der Waals surface area contributed by atoms with Crippen molar-refractivity contribution in [1.82, 2.24) is 10.6 Å². The van der Waals surface area contributed by atoms with Gasteiger partial charge in [-0.05, 0) is 23.5 Å². The molecular formula is C22H26N2O5. The van der Waals surface area contributed by atoms with Gasteiger partial charge >= 0.3 is 12.0 Å². The lowest BCUT2D eigenvalue weighted by molar-refractivity contribution is -0.164. The minimum Gasteiger partial charge on any atom is -0.453 e. The van der Waals surface area contributed by atoms with Gasteiger partial charge in [-0.15, -0.1) is 0 Å². The number of aliphatic hydroxyl groups is 1. The maximum absolute atomic E-state index is 12.8. The van der Waals surface area contributed by atoms with Crippen LogP contribution in [0, 0.1) is 5.92 Å². The van der Waals surface area contributed by atoms with E-state index in [4.69, 9.17) is 4.74 Å². The van der Waals surface area contributed by atoms with Gasteiger partial charge in [-0.3, -0.25) is 10.1 Å². The van der Waals surface area contributed by atoms with Crippen molar-refractivity contribution in [2.24, 2.45) is 5.92 Å². The summed E-state index contributed by atoms with van der Waals surface area (Å²) in [6.07, 6.45) is 0.776. The normalized spacial score (nSPS) is 11.0. The van der Waals surface area contributed by atoms with Crippen molar-refractivity contribution in [3.63, 3.8) is 0 Å². The van der Waals surface area contributed by atoms with Crippen LogP contribution in [0.25, 0.3) is 0 Å². The van der Waals surface area contributed by atoms with Gasteiger partial charge < -0.3 is 15.2 Å². The van der Waals surface area contributed by atoms with Gasteiger partial charge in [-0.1, -0.05) is 74.5 Å². The Balaban J connectivity index is 2.02. The molecule has 0 atom stereocenters. The number of esters is 1. The lowest BCUT2D eigenvalue weighted by Crippen LogP contribution is -2.44. The van der Waals surface area contributed by atoms with E-state index < -0.39 is 30.1 Å². The van der Waals surface area contributed by atoms with Crippen molar-refractivity contribution < 1.29 is 24.2 Å². The van der Waals surface area contributed by atoms with Gasteiger partial charge in [0.2, 0.25) is 5.60 Å². The van der Waals surface area contributed by atoms with Gasteiger partial charge in [0, 0.05) is 6.54 Å². The standard InChI is InChI=1S/C22H26N2O5/c1-16(2)13-14-23-21(27)24-19(25)15-29-20(26)22(28,17-9-5-3-6-10-17)18-11-7-4-8-12-18/h3-12,16,28H,13-15H2,1-2H3,(H2,23,24,25,27). The summed E-state index contributed by atoms with van der Waals surface area (Å²) in [4.78, 5) is 36.4. The minimum atomic E-state index is -2.08. The van der Waals surface area contributed by atoms with Crippen LogP contribution in [0.5, 0.6) is 0 Å². The number of ether oxygens (including phenoxy) is 1. The largest absolute Gasteiger partial charge is 0.453 e. The number of urea groups is 1. The number of imide groups is 1. The third-order valence-electron chi connectivity index (χ3n) is 4.27. The summed E-state index contributed by atoms with van der Waals surface area (Å²) in [5, 5.41) is 15.8. The Hall–Kier alpha value is -3.19. The van der Waals surface area contributed by atoms with E-state index in [1.165, 1.54) is 0 Å². The summed E-state index contributed by atoms with van der Waals surface area (Å²) >= 11 is 0. The second-order valence-electron chi connectivity index (χ2n) is 7.01. The topological polar surface area (TPSA) is 105 Å². The zero-order valence-corrected chi connectivity index (χ0v) is 16.6. The number of amides is 3. The molecule has 2 aromatic rings. The smallest absolute Gasteiger partial charge is 0.348 e. The molecule has 0 aliphatic carbocycles. The molecule has 0 radical (unpaired) electrons. The van der Waals surface area contributed by atoms with Crippen molar-refractivity contribution >= 4 is 17.9 Å². The van der Waals surface area contributed by atoms with Crippen LogP contribution in [0.15, 0.2) is 60.7 Å². The predicted molar refractivity (Wildman–Crippen MR) is 108 cm³/mol. The van der Waals surface area contributed by atoms with E-state index in [1.807, 2.05) is 13.8 Å². The molecule has 0 saturated carbocycles. The molecule has 0 bridgehead atoms. The van der Waals surface area contributed by atoms with Gasteiger partial charge in [0.15, 0.2) is 6.61 Å². The number of carbonyl (C=O) groups is 3. The van der Waals surface area contributed by atoms with Crippen LogP contribution in [0.1, 0.15) is 31.4 Å². The molecule has 7 nitrogen and oxygen atoms in total. The first-order valence-corrected chi connectivity index (χ1v) is 9.42. The molecule has 0 aliphatic rings. The third-order valence-corrected chi connectivity index (χ3v) is 4.27. The average molecular weight is 398 g/mol. The van der Waals surface area contributed by atoms with Crippen molar-refractivity contribution in [2.75, 3.05) is 13.2 Å². The Labute approximate surface area is 170 Å². The predicted octanol–water partition coefficient (Wildman–Crippen LogP) is 2.34. The van der Waals surface area contributed by atoms with Crippen LogP contribution < -0.4 is 10.6 Å². The first-order chi connectivity index (χ1) is 13.8. The summed E-state index contributed by atoms with van der Waals surface area (Å²) < 4.78 is 5.04. The molecule has 2 aromatic carbocycles. The summed E-state index contributed by atoms with van der Waals surface area (Å²) in [5.41, 5.74) is -1.46. The maximum atomic E-state index is 12.8. The summed E-state index contributed by atoms with van der Waals surface area (Å²) in [5.74, 6) is -1.38. The zero-order chi connectivity index (χ0) is 21.3. The highest BCUT2D eigenvalue weighted by Crippen LogP contribution is 2.30. The fraction of sp³-hybridized carbons (Fsp3) is 0.318. The molecule has 7 heteroatoms. The van der Waals surface area contributed by atoms with E-state index in [0.717, 1.165) is 6.42 Å². The number of hydrogen-bond acceptors (Lipinski definition) is 5. The molecule has 0 heterocycles. The van der Waals surface area contributed by atoms with Crippen molar-refractivity contribution in [3.8, 4) is 0 Å². The Bertz CT molecular complexity index is 782. The Morgan fingerprint density at radius 3 is 1.97 bits per heavy atom. The molecule has 0 unspecified atom stereocenters. The molecule has 0 spiro atoms. The second kappa shape index (κ2) is 10.4. The van der Waals surface area contributed by atoms with Crippen LogP contribution in [0.4, 0.5) is 4.79 Å². The van der Waals surface area contributed by atoms with Gasteiger partial charge in [0.1, 0.15) is 0 Å². The van der Waals surface area contributed by atoms with Gasteiger partial charge in [-0.25, -0.2) is 9.59 Å². The molecular weight excluding hydrogens is 372 g/mol. The van der Waals surface area contributed by atoms with Crippen LogP contribution >= 0.6 is 0 Å². The summed E-state index contributed by atoms with van der Waals surface area (Å²) in [6, 6.07) is 16.0. The highest BCUT2D eigenvalue weighted by molar-refractivity contribution is 5.96. The third kappa shape index (κ3) is 6.15. The van der Waals surface area contributed by atoms with E-state index in [1.54, 1.807) is 60.7 Å². The molecule has 2 rings (SSSR count). The average Bonchev–Trinajstić information content (AvgIpc) is 2.72. The molecule has 154 valence electrons. The Morgan fingerprint density at radius 2 is 1.48 bits per heavy atom. The van der Waals surface area contributed by atoms with Crippen molar-refractivity contribution in [3.05, 3.63) is 71.8 Å². The van der Waals surface area contributed by atoms with Crippen LogP contribution in [0.3, 0.4) is 0 Å². The van der Waals surface area contributed by atoms with Crippen LogP contribution in [-0.4, -0.2) is 36.2 Å². The lowest BCUT2D eigenvalue weighted by atomic mass is 9.86. The fourth-order valence-corrected chi connectivity index (χ4v) is 2.68. The first kappa shape index (κ1) is 22.1. The van der Waals surface area contributed by atoms with E-state index in [2.05, 4.69) is 10.6 Å². The highest BCUT2D eigenvalue weighted by Gasteiger charge is 2.41. The summed E-state index contributed by atoms with van der Waals surface area (Å²) in [6.45, 7) is 3.77. The molecule has 3 amide bonds. The van der Waals surface area contributed by atoms with Crippen LogP contribution in [0.2, 0.25) is 0 Å². The van der Waals surface area contributed by atoms with Gasteiger partial charge in [-0.2, -0.15) is 0 Å². The summed E-state index contributed by atoms with van der Waals surface area (Å²) in [7, 11) is 0. The maximum Gasteiger partial charge on any atom is 0.348 e. The van der Waals surface area contributed by atoms with Crippen molar-refractivity contribution in [2.45, 2.75) is 25.9 Å². The minimum absolute atomic E-state index is 0.308. The molecule has 3 N–H and O–H groups in total. The van der Waals surface area contributed by atoms with Crippen molar-refractivity contribution in [1.29, 1.82) is 0 Å². The second-order valence-corrected chi connectivity index (χ2v) is 7.01. The number of carbonyl (C=O) groups excluding carboxylic acids is 3. The molecule has 0 aliphatic heterocycles. The number of benzene rings is 2. The van der Waals surface area contributed by atoms with Gasteiger partial charge in [0.05, 0.1) is 0 Å².